The molecular formula is C19H21FN6O2. The van der Waals surface area contributed by atoms with Crippen LogP contribution < -0.4 is 0 Å². The number of piperidine rings is 1. The maximum Gasteiger partial charge on any atom is 0.358 e. The quantitative estimate of drug-likeness (QED) is 0.701. The van der Waals surface area contributed by atoms with E-state index in [1.54, 1.807) is 33.8 Å². The molecule has 0 radical (unpaired) electrons. The molecule has 8 nitrogen and oxygen atoms in total. The molecule has 0 amide bonds. The molecule has 1 aliphatic rings. The average Bonchev–Trinajstić information content (AvgIpc) is 3.32. The highest BCUT2D eigenvalue weighted by atomic mass is 19.1. The lowest BCUT2D eigenvalue weighted by molar-refractivity contribution is 0.0690. The fourth-order valence-electron chi connectivity index (χ4n) is 3.66. The fourth-order valence-corrected chi connectivity index (χ4v) is 3.66. The lowest BCUT2D eigenvalue weighted by atomic mass is 9.98. The van der Waals surface area contributed by atoms with Crippen LogP contribution in [0.3, 0.4) is 0 Å². The van der Waals surface area contributed by atoms with Crippen molar-refractivity contribution in [1.29, 1.82) is 0 Å². The summed E-state index contributed by atoms with van der Waals surface area (Å²) in [6, 6.07) is 6.57. The molecule has 1 saturated heterocycles. The van der Waals surface area contributed by atoms with E-state index < -0.39 is 5.97 Å². The number of carboxylic acid groups (broad SMARTS) is 1. The summed E-state index contributed by atoms with van der Waals surface area (Å²) in [5, 5.41) is 20.8. The number of aromatic nitrogens is 5. The summed E-state index contributed by atoms with van der Waals surface area (Å²) < 4.78 is 17.1. The van der Waals surface area contributed by atoms with Crippen molar-refractivity contribution >= 4 is 5.97 Å². The van der Waals surface area contributed by atoms with E-state index in [1.165, 1.54) is 12.3 Å². The number of likely N-dealkylation sites (tertiary alicyclic amines) is 1. The van der Waals surface area contributed by atoms with Crippen molar-refractivity contribution in [2.24, 2.45) is 5.92 Å². The number of nitrogens with zero attached hydrogens (tertiary/aromatic N) is 6. The topological polar surface area (TPSA) is 89.1 Å². The molecule has 0 saturated carbocycles. The summed E-state index contributed by atoms with van der Waals surface area (Å²) in [5.74, 6) is -0.995. The highest BCUT2D eigenvalue weighted by Gasteiger charge is 2.22. The van der Waals surface area contributed by atoms with Crippen LogP contribution in [0, 0.1) is 11.7 Å². The van der Waals surface area contributed by atoms with E-state index in [2.05, 4.69) is 20.3 Å². The number of hydrogen-bond donors (Lipinski definition) is 1. The summed E-state index contributed by atoms with van der Waals surface area (Å²) >= 11 is 0. The number of aromatic carboxylic acids is 1. The molecule has 146 valence electrons. The molecule has 28 heavy (non-hydrogen) atoms. The Bertz CT molecular complexity index is 969. The van der Waals surface area contributed by atoms with Crippen LogP contribution in [0.5, 0.6) is 0 Å². The fraction of sp³-hybridized carbons (Fsp3) is 0.368. The van der Waals surface area contributed by atoms with Gasteiger partial charge < -0.3 is 5.11 Å². The van der Waals surface area contributed by atoms with Crippen LogP contribution in [0.1, 0.15) is 28.9 Å². The van der Waals surface area contributed by atoms with Gasteiger partial charge in [-0.25, -0.2) is 13.9 Å². The molecule has 0 aliphatic carbocycles. The molecule has 1 fully saturated rings. The van der Waals surface area contributed by atoms with Crippen LogP contribution in [-0.2, 0) is 13.1 Å². The Morgan fingerprint density at radius 1 is 1.29 bits per heavy atom. The maximum absolute atomic E-state index is 13.9. The minimum absolute atomic E-state index is 0.0341. The maximum atomic E-state index is 13.9. The zero-order chi connectivity index (χ0) is 19.5. The number of para-hydroxylation sites is 1. The van der Waals surface area contributed by atoms with Gasteiger partial charge >= 0.3 is 5.97 Å². The molecule has 2 aromatic heterocycles. The van der Waals surface area contributed by atoms with E-state index in [0.717, 1.165) is 38.0 Å². The number of rotatable bonds is 6. The summed E-state index contributed by atoms with van der Waals surface area (Å²) in [6.07, 6.45) is 7.23. The zero-order valence-corrected chi connectivity index (χ0v) is 15.3. The zero-order valence-electron chi connectivity index (χ0n) is 15.3. The first kappa shape index (κ1) is 18.3. The van der Waals surface area contributed by atoms with Gasteiger partial charge in [-0.1, -0.05) is 17.3 Å². The summed E-state index contributed by atoms with van der Waals surface area (Å²) in [4.78, 5) is 13.3. The number of benzene rings is 1. The van der Waals surface area contributed by atoms with Gasteiger partial charge in [-0.15, -0.1) is 5.10 Å². The lowest BCUT2D eigenvalue weighted by Gasteiger charge is -2.32. The molecule has 9 heteroatoms. The highest BCUT2D eigenvalue weighted by molar-refractivity contribution is 5.84. The standard InChI is InChI=1S/C19H21FN6O2/c20-16-5-1-2-6-18(16)26-12-15(8-21-26)10-24-7-3-4-14(9-24)11-25-13-17(19(27)28)22-23-25/h1-2,5-6,8,12-14H,3-4,7,9-11H2,(H,27,28). The van der Waals surface area contributed by atoms with Crippen LogP contribution in [-0.4, -0.2) is 53.8 Å². The van der Waals surface area contributed by atoms with Gasteiger partial charge in [-0.2, -0.15) is 5.10 Å². The van der Waals surface area contributed by atoms with Crippen molar-refractivity contribution in [2.75, 3.05) is 13.1 Å². The van der Waals surface area contributed by atoms with Crippen LogP contribution in [0.15, 0.2) is 42.9 Å². The molecular weight excluding hydrogens is 363 g/mol. The summed E-state index contributed by atoms with van der Waals surface area (Å²) in [7, 11) is 0. The molecule has 3 heterocycles. The van der Waals surface area contributed by atoms with Crippen LogP contribution in [0.2, 0.25) is 0 Å². The predicted molar refractivity (Wildman–Crippen MR) is 98.5 cm³/mol. The first-order valence-corrected chi connectivity index (χ1v) is 9.23. The smallest absolute Gasteiger partial charge is 0.358 e. The van der Waals surface area contributed by atoms with Crippen LogP contribution >= 0.6 is 0 Å². The Morgan fingerprint density at radius 3 is 2.93 bits per heavy atom. The number of hydrogen-bond acceptors (Lipinski definition) is 5. The molecule has 1 N–H and O–H groups in total. The van der Waals surface area contributed by atoms with Crippen molar-refractivity contribution in [3.05, 3.63) is 59.9 Å². The van der Waals surface area contributed by atoms with E-state index in [-0.39, 0.29) is 11.5 Å². The molecule has 0 spiro atoms. The van der Waals surface area contributed by atoms with Crippen molar-refractivity contribution in [1.82, 2.24) is 29.7 Å². The van der Waals surface area contributed by atoms with Gasteiger partial charge in [0.25, 0.3) is 0 Å². The number of carboxylic acids is 1. The molecule has 4 rings (SSSR count). The van der Waals surface area contributed by atoms with E-state index in [0.29, 0.717) is 18.2 Å². The Morgan fingerprint density at radius 2 is 2.14 bits per heavy atom. The lowest BCUT2D eigenvalue weighted by Crippen LogP contribution is -2.36. The number of carbonyl (C=O) groups is 1. The summed E-state index contributed by atoms with van der Waals surface area (Å²) in [5.41, 5.74) is 1.43. The highest BCUT2D eigenvalue weighted by Crippen LogP contribution is 2.21. The second-order valence-electron chi connectivity index (χ2n) is 7.12. The van der Waals surface area contributed by atoms with E-state index in [9.17, 15) is 9.18 Å². The van der Waals surface area contributed by atoms with Gasteiger partial charge in [0.05, 0.1) is 12.4 Å². The van der Waals surface area contributed by atoms with E-state index in [1.807, 2.05) is 6.20 Å². The van der Waals surface area contributed by atoms with Crippen molar-refractivity contribution < 1.29 is 14.3 Å². The normalized spacial score (nSPS) is 17.7. The second-order valence-corrected chi connectivity index (χ2v) is 7.12. The van der Waals surface area contributed by atoms with Gasteiger partial charge in [-0.05, 0) is 37.4 Å². The monoisotopic (exact) mass is 384 g/mol. The molecule has 1 aliphatic heterocycles. The third kappa shape index (κ3) is 4.09. The van der Waals surface area contributed by atoms with Gasteiger partial charge in [0.15, 0.2) is 5.69 Å². The molecule has 0 bridgehead atoms. The largest absolute Gasteiger partial charge is 0.476 e. The number of halogens is 1. The molecule has 1 unspecified atom stereocenters. The van der Waals surface area contributed by atoms with Crippen molar-refractivity contribution in [3.63, 3.8) is 0 Å². The average molecular weight is 384 g/mol. The SMILES string of the molecule is O=C(O)c1cn(CC2CCCN(Cc3cnn(-c4ccccc4F)c3)C2)nn1. The van der Waals surface area contributed by atoms with Crippen molar-refractivity contribution in [3.8, 4) is 5.69 Å². The minimum atomic E-state index is -1.07. The van der Waals surface area contributed by atoms with Crippen molar-refractivity contribution in [2.45, 2.75) is 25.9 Å². The third-order valence-electron chi connectivity index (χ3n) is 4.95. The Balaban J connectivity index is 1.37. The van der Waals surface area contributed by atoms with Gasteiger partial charge in [-0.3, -0.25) is 9.58 Å². The third-order valence-corrected chi connectivity index (χ3v) is 4.95. The van der Waals surface area contributed by atoms with Gasteiger partial charge in [0.1, 0.15) is 11.5 Å². The Labute approximate surface area is 161 Å². The van der Waals surface area contributed by atoms with Gasteiger partial charge in [0.2, 0.25) is 0 Å². The molecule has 1 aromatic carbocycles. The Hall–Kier alpha value is -3.07. The molecule has 1 atom stereocenters. The van der Waals surface area contributed by atoms with E-state index >= 15 is 0 Å². The minimum Gasteiger partial charge on any atom is -0.476 e. The predicted octanol–water partition coefficient (Wildman–Crippen LogP) is 2.21. The first-order valence-electron chi connectivity index (χ1n) is 9.23. The first-order chi connectivity index (χ1) is 13.6. The van der Waals surface area contributed by atoms with Gasteiger partial charge in [0, 0.05) is 31.4 Å². The van der Waals surface area contributed by atoms with Crippen LogP contribution in [0.4, 0.5) is 4.39 Å². The second kappa shape index (κ2) is 7.89. The Kier molecular flexibility index (Phi) is 5.16. The van der Waals surface area contributed by atoms with E-state index in [4.69, 9.17) is 5.11 Å². The summed E-state index contributed by atoms with van der Waals surface area (Å²) in [6.45, 7) is 3.25. The van der Waals surface area contributed by atoms with Crippen LogP contribution in [0.25, 0.3) is 5.69 Å². The molecule has 3 aromatic rings.